The van der Waals surface area contributed by atoms with E-state index in [2.05, 4.69) is 55.6 Å². The van der Waals surface area contributed by atoms with Gasteiger partial charge in [0, 0.05) is 39.1 Å². The van der Waals surface area contributed by atoms with Crippen molar-refractivity contribution in [2.75, 3.05) is 6.54 Å². The number of hydrogen-bond acceptors (Lipinski definition) is 3. The van der Waals surface area contributed by atoms with Gasteiger partial charge in [-0.1, -0.05) is 119 Å². The lowest BCUT2D eigenvalue weighted by Gasteiger charge is -2.25. The third kappa shape index (κ3) is 8.33. The molecule has 0 aliphatic rings. The molecule has 0 radical (unpaired) electrons. The molecule has 0 atom stereocenters. The summed E-state index contributed by atoms with van der Waals surface area (Å²) in [7, 11) is -3.63. The Morgan fingerprint density at radius 2 is 1.43 bits per heavy atom. The van der Waals surface area contributed by atoms with Gasteiger partial charge in [-0.05, 0) is 83.5 Å². The Labute approximate surface area is 300 Å². The van der Waals surface area contributed by atoms with E-state index in [0.717, 1.165) is 62.6 Å². The molecule has 0 aliphatic carbocycles. The fraction of sp³-hybridized carbons (Fsp3) is 0.175. The molecule has 0 amide bonds. The second-order valence-electron chi connectivity index (χ2n) is 12.0. The first kappa shape index (κ1) is 34.6. The van der Waals surface area contributed by atoms with E-state index in [1.54, 1.807) is 12.1 Å². The number of aromatic carboxylic acids is 1. The Balaban J connectivity index is 1.40. The number of carbonyl (C=O) groups is 1. The molecule has 2 N–H and O–H groups in total. The topological polar surface area (TPSA) is 88.4 Å². The number of nitrogens with zero attached hydrogens (tertiary/aromatic N) is 1. The van der Waals surface area contributed by atoms with Gasteiger partial charge in [0.15, 0.2) is 0 Å². The fourth-order valence-electron chi connectivity index (χ4n) is 6.49. The molecular formula is C40H36BrClN2O4S. The van der Waals surface area contributed by atoms with Crippen LogP contribution in [0.5, 0.6) is 0 Å². The molecule has 6 rings (SSSR count). The maximum Gasteiger partial charge on any atom is 0.335 e. The predicted octanol–water partition coefficient (Wildman–Crippen LogP) is 9.23. The van der Waals surface area contributed by atoms with Crippen molar-refractivity contribution < 1.29 is 18.3 Å². The van der Waals surface area contributed by atoms with Crippen LogP contribution in [-0.4, -0.2) is 30.6 Å². The number of benzene rings is 5. The first-order valence-corrected chi connectivity index (χ1v) is 19.0. The van der Waals surface area contributed by atoms with E-state index in [-0.39, 0.29) is 23.9 Å². The molecular weight excluding hydrogens is 720 g/mol. The Morgan fingerprint density at radius 1 is 0.796 bits per heavy atom. The van der Waals surface area contributed by atoms with Crippen molar-refractivity contribution >= 4 is 54.4 Å². The van der Waals surface area contributed by atoms with Crippen molar-refractivity contribution in [1.29, 1.82) is 0 Å². The van der Waals surface area contributed by atoms with E-state index in [0.29, 0.717) is 17.0 Å². The van der Waals surface area contributed by atoms with E-state index in [1.165, 1.54) is 0 Å². The van der Waals surface area contributed by atoms with E-state index in [9.17, 15) is 18.3 Å². The highest BCUT2D eigenvalue weighted by Crippen LogP contribution is 2.38. The number of halogens is 2. The first-order chi connectivity index (χ1) is 23.7. The van der Waals surface area contributed by atoms with Crippen LogP contribution in [0.15, 0.2) is 132 Å². The van der Waals surface area contributed by atoms with Gasteiger partial charge in [0.05, 0.1) is 17.4 Å². The third-order valence-electron chi connectivity index (χ3n) is 8.75. The zero-order valence-electron chi connectivity index (χ0n) is 26.7. The Morgan fingerprint density at radius 3 is 2.06 bits per heavy atom. The smallest absolute Gasteiger partial charge is 0.335 e. The summed E-state index contributed by atoms with van der Waals surface area (Å²) in [5, 5.41) is 11.0. The van der Waals surface area contributed by atoms with Crippen LogP contribution >= 0.6 is 27.5 Å². The maximum absolute atomic E-state index is 13.3. The second-order valence-corrected chi connectivity index (χ2v) is 15.1. The summed E-state index contributed by atoms with van der Waals surface area (Å²) < 4.78 is 32.6. The molecule has 6 aromatic rings. The highest BCUT2D eigenvalue weighted by molar-refractivity contribution is 9.10. The van der Waals surface area contributed by atoms with Crippen molar-refractivity contribution in [3.63, 3.8) is 0 Å². The van der Waals surface area contributed by atoms with Gasteiger partial charge in [0.2, 0.25) is 10.0 Å². The number of rotatable bonds is 14. The van der Waals surface area contributed by atoms with Crippen LogP contribution in [0.25, 0.3) is 10.9 Å². The van der Waals surface area contributed by atoms with Crippen LogP contribution < -0.4 is 4.72 Å². The molecule has 5 aromatic carbocycles. The zero-order chi connectivity index (χ0) is 34.4. The average molecular weight is 756 g/mol. The molecule has 1 aromatic heterocycles. The average Bonchev–Trinajstić information content (AvgIpc) is 3.38. The lowest BCUT2D eigenvalue weighted by atomic mass is 9.97. The van der Waals surface area contributed by atoms with Crippen molar-refractivity contribution in [2.24, 2.45) is 0 Å². The molecule has 0 aliphatic heterocycles. The molecule has 0 saturated heterocycles. The van der Waals surface area contributed by atoms with Gasteiger partial charge in [-0.3, -0.25) is 0 Å². The van der Waals surface area contributed by atoms with Gasteiger partial charge in [0.25, 0.3) is 0 Å². The van der Waals surface area contributed by atoms with Crippen molar-refractivity contribution in [2.45, 2.75) is 37.5 Å². The summed E-state index contributed by atoms with van der Waals surface area (Å²) in [4.78, 5) is 11.4. The van der Waals surface area contributed by atoms with E-state index in [1.807, 2.05) is 84.9 Å². The molecule has 6 nitrogen and oxygen atoms in total. The lowest BCUT2D eigenvalue weighted by Crippen LogP contribution is -2.28. The number of fused-ring (bicyclic) bond motifs is 1. The minimum absolute atomic E-state index is 0.128. The molecule has 0 bridgehead atoms. The van der Waals surface area contributed by atoms with Crippen LogP contribution in [0.4, 0.5) is 0 Å². The van der Waals surface area contributed by atoms with E-state index >= 15 is 0 Å². The van der Waals surface area contributed by atoms with Crippen LogP contribution in [0, 0.1) is 0 Å². The van der Waals surface area contributed by atoms with Gasteiger partial charge >= 0.3 is 5.97 Å². The predicted molar refractivity (Wildman–Crippen MR) is 201 cm³/mol. The Bertz CT molecular complexity index is 2130. The fourth-order valence-corrected chi connectivity index (χ4v) is 8.45. The van der Waals surface area contributed by atoms with Crippen molar-refractivity contribution in [3.8, 4) is 0 Å². The van der Waals surface area contributed by atoms with Crippen LogP contribution in [-0.2, 0) is 35.0 Å². The maximum atomic E-state index is 13.3. The largest absolute Gasteiger partial charge is 0.478 e. The summed E-state index contributed by atoms with van der Waals surface area (Å²) in [6, 6.07) is 40.9. The van der Waals surface area contributed by atoms with E-state index < -0.39 is 16.0 Å². The summed E-state index contributed by atoms with van der Waals surface area (Å²) in [5.74, 6) is -1.07. The molecule has 250 valence electrons. The number of aromatic nitrogens is 1. The number of sulfonamides is 1. The van der Waals surface area contributed by atoms with Gasteiger partial charge in [0.1, 0.15) is 0 Å². The number of carboxylic acid groups (broad SMARTS) is 1. The highest BCUT2D eigenvalue weighted by atomic mass is 79.9. The monoisotopic (exact) mass is 754 g/mol. The van der Waals surface area contributed by atoms with E-state index in [4.69, 9.17) is 11.6 Å². The molecule has 9 heteroatoms. The summed E-state index contributed by atoms with van der Waals surface area (Å²) in [5.41, 5.74) is 7.43. The molecule has 0 unspecified atom stereocenters. The number of nitrogens with one attached hydrogen (secondary N) is 1. The normalized spacial score (nSPS) is 11.7. The third-order valence-corrected chi connectivity index (χ3v) is 11.1. The first-order valence-electron chi connectivity index (χ1n) is 16.1. The van der Waals surface area contributed by atoms with Crippen LogP contribution in [0.1, 0.15) is 56.3 Å². The summed E-state index contributed by atoms with van der Waals surface area (Å²) in [6.45, 7) is 0.219. The number of hydrogen-bond donors (Lipinski definition) is 2. The summed E-state index contributed by atoms with van der Waals surface area (Å²) >= 11 is 10.1. The zero-order valence-corrected chi connectivity index (χ0v) is 29.9. The van der Waals surface area contributed by atoms with Gasteiger partial charge in [-0.15, -0.1) is 0 Å². The molecule has 0 fully saturated rings. The van der Waals surface area contributed by atoms with Crippen molar-refractivity contribution in [1.82, 2.24) is 9.29 Å². The lowest BCUT2D eigenvalue weighted by molar-refractivity contribution is 0.0697. The molecule has 49 heavy (non-hydrogen) atoms. The Hall–Kier alpha value is -4.21. The minimum Gasteiger partial charge on any atom is -0.478 e. The Kier molecular flexibility index (Phi) is 11.0. The summed E-state index contributed by atoms with van der Waals surface area (Å²) in [6.07, 6.45) is 2.74. The highest BCUT2D eigenvalue weighted by Gasteiger charge is 2.26. The minimum atomic E-state index is -3.63. The van der Waals surface area contributed by atoms with Gasteiger partial charge in [-0.2, -0.15) is 0 Å². The number of carboxylic acids is 1. The standard InChI is InChI=1S/C40H36BrClN2O4S/c41-36-17-8-7-15-32(36)27-49(47,48)43-25-24-38-34(16-9-10-28-18-20-31(21-19-28)40(45)46)35-26-33(42)22-23-37(35)44(38)39(29-11-3-1-4-12-29)30-13-5-2-6-14-30/h1-8,11-15,17-23,26,39,43H,9-10,16,24-25,27H2,(H,45,46). The molecule has 0 saturated carbocycles. The molecule has 0 spiro atoms. The van der Waals surface area contributed by atoms with Crippen LogP contribution in [0.2, 0.25) is 5.02 Å². The SMILES string of the molecule is O=C(O)c1ccc(CCCc2c(CCNS(=O)(=O)Cc3ccccc3Br)n(C(c3ccccc3)c3ccccc3)c3ccc(Cl)cc23)cc1. The molecule has 1 heterocycles. The van der Waals surface area contributed by atoms with Crippen molar-refractivity contribution in [3.05, 3.63) is 176 Å². The quantitative estimate of drug-likeness (QED) is 0.116. The number of aryl methyl sites for hydroxylation is 2. The van der Waals surface area contributed by atoms with Gasteiger partial charge in [-0.25, -0.2) is 17.9 Å². The second kappa shape index (κ2) is 15.6. The van der Waals surface area contributed by atoms with Crippen LogP contribution in [0.3, 0.4) is 0 Å². The van der Waals surface area contributed by atoms with Gasteiger partial charge < -0.3 is 9.67 Å².